The van der Waals surface area contributed by atoms with Crippen molar-refractivity contribution in [3.63, 3.8) is 0 Å². The lowest BCUT2D eigenvalue weighted by molar-refractivity contribution is -0.155. The van der Waals surface area contributed by atoms with Gasteiger partial charge in [0.15, 0.2) is 0 Å². The van der Waals surface area contributed by atoms with Crippen LogP contribution in [0.2, 0.25) is 0 Å². The number of esters is 1. The van der Waals surface area contributed by atoms with Crippen LogP contribution in [0.25, 0.3) is 0 Å². The maximum Gasteiger partial charge on any atom is 0.326 e. The summed E-state index contributed by atoms with van der Waals surface area (Å²) in [5.74, 6) is -0.498. The highest BCUT2D eigenvalue weighted by atomic mass is 16.6. The summed E-state index contributed by atoms with van der Waals surface area (Å²) in [5, 5.41) is 0. The number of nitrogens with two attached hydrogens (primary N) is 1. The van der Waals surface area contributed by atoms with E-state index in [9.17, 15) is 9.59 Å². The zero-order valence-electron chi connectivity index (χ0n) is 11.6. The topological polar surface area (TPSA) is 85.5 Å². The fourth-order valence-corrected chi connectivity index (χ4v) is 1.44. The van der Waals surface area contributed by atoms with Crippen LogP contribution in [0.5, 0.6) is 0 Å². The second kappa shape index (κ2) is 5.69. The van der Waals surface area contributed by atoms with Crippen molar-refractivity contribution in [1.82, 2.24) is 9.88 Å². The summed E-state index contributed by atoms with van der Waals surface area (Å²) < 4.78 is 5.15. The third kappa shape index (κ3) is 4.95. The number of likely N-dealkylation sites (N-methyl/N-ethyl adjacent to an activating group) is 1. The van der Waals surface area contributed by atoms with Gasteiger partial charge in [0, 0.05) is 18.8 Å². The minimum Gasteiger partial charge on any atom is -0.459 e. The number of ether oxygens (including phenoxy) is 1. The summed E-state index contributed by atoms with van der Waals surface area (Å²) in [6, 6.07) is 3.01. The quantitative estimate of drug-likeness (QED) is 0.826. The monoisotopic (exact) mass is 265 g/mol. The van der Waals surface area contributed by atoms with E-state index in [4.69, 9.17) is 10.5 Å². The number of rotatable bonds is 3. The lowest BCUT2D eigenvalue weighted by Crippen LogP contribution is -2.36. The molecule has 0 saturated heterocycles. The number of nitrogens with zero attached hydrogens (tertiary/aromatic N) is 2. The maximum absolute atomic E-state index is 12.0. The summed E-state index contributed by atoms with van der Waals surface area (Å²) in [4.78, 5) is 28.7. The van der Waals surface area contributed by atoms with E-state index in [2.05, 4.69) is 4.98 Å². The molecule has 0 aliphatic carbocycles. The van der Waals surface area contributed by atoms with Crippen LogP contribution in [-0.2, 0) is 9.53 Å². The van der Waals surface area contributed by atoms with Crippen LogP contribution in [0.1, 0.15) is 31.1 Å². The van der Waals surface area contributed by atoms with Crippen molar-refractivity contribution in [1.29, 1.82) is 0 Å². The van der Waals surface area contributed by atoms with Gasteiger partial charge in [-0.25, -0.2) is 4.98 Å². The van der Waals surface area contributed by atoms with Crippen LogP contribution in [-0.4, -0.2) is 41.0 Å². The Hall–Kier alpha value is -2.11. The van der Waals surface area contributed by atoms with Crippen LogP contribution in [0, 0.1) is 0 Å². The number of hydrogen-bond acceptors (Lipinski definition) is 5. The van der Waals surface area contributed by atoms with Crippen molar-refractivity contribution < 1.29 is 14.3 Å². The molecule has 6 nitrogen and oxygen atoms in total. The van der Waals surface area contributed by atoms with Gasteiger partial charge in [-0.3, -0.25) is 9.59 Å². The normalized spacial score (nSPS) is 10.9. The summed E-state index contributed by atoms with van der Waals surface area (Å²) in [6.45, 7) is 5.21. The van der Waals surface area contributed by atoms with Crippen molar-refractivity contribution in [2.45, 2.75) is 26.4 Å². The number of aromatic nitrogens is 1. The lowest BCUT2D eigenvalue weighted by atomic mass is 10.2. The lowest BCUT2D eigenvalue weighted by Gasteiger charge is -2.22. The third-order valence-corrected chi connectivity index (χ3v) is 2.16. The average Bonchev–Trinajstić information content (AvgIpc) is 2.25. The Labute approximate surface area is 112 Å². The third-order valence-electron chi connectivity index (χ3n) is 2.16. The molecule has 1 amide bonds. The van der Waals surface area contributed by atoms with E-state index in [1.165, 1.54) is 24.2 Å². The molecule has 0 aliphatic rings. The van der Waals surface area contributed by atoms with Crippen LogP contribution in [0.4, 0.5) is 5.82 Å². The van der Waals surface area contributed by atoms with Crippen molar-refractivity contribution in [3.05, 3.63) is 23.9 Å². The zero-order valence-corrected chi connectivity index (χ0v) is 11.6. The summed E-state index contributed by atoms with van der Waals surface area (Å²) in [7, 11) is 1.53. The number of carbonyl (C=O) groups is 2. The molecule has 2 N–H and O–H groups in total. The summed E-state index contributed by atoms with van der Waals surface area (Å²) in [5.41, 5.74) is 5.33. The highest BCUT2D eigenvalue weighted by molar-refractivity contribution is 5.96. The van der Waals surface area contributed by atoms with Crippen molar-refractivity contribution in [2.75, 3.05) is 19.3 Å². The molecule has 1 heterocycles. The van der Waals surface area contributed by atoms with Gasteiger partial charge in [0.25, 0.3) is 5.91 Å². The molecule has 0 saturated carbocycles. The van der Waals surface area contributed by atoms with E-state index in [0.29, 0.717) is 5.56 Å². The van der Waals surface area contributed by atoms with E-state index in [1.54, 1.807) is 26.8 Å². The Morgan fingerprint density at radius 2 is 2.05 bits per heavy atom. The van der Waals surface area contributed by atoms with Crippen LogP contribution in [0.3, 0.4) is 0 Å². The van der Waals surface area contributed by atoms with Gasteiger partial charge in [-0.2, -0.15) is 0 Å². The molecule has 1 aromatic heterocycles. The molecular weight excluding hydrogens is 246 g/mol. The fraction of sp³-hybridized carbons (Fsp3) is 0.462. The van der Waals surface area contributed by atoms with Crippen LogP contribution >= 0.6 is 0 Å². The highest BCUT2D eigenvalue weighted by Crippen LogP contribution is 2.09. The number of nitrogen functional groups attached to an aromatic ring is 1. The van der Waals surface area contributed by atoms with Gasteiger partial charge in [-0.15, -0.1) is 0 Å². The minimum absolute atomic E-state index is 0.113. The van der Waals surface area contributed by atoms with E-state index >= 15 is 0 Å². The number of anilines is 1. The Bertz CT molecular complexity index is 480. The highest BCUT2D eigenvalue weighted by Gasteiger charge is 2.20. The molecule has 0 aromatic carbocycles. The molecule has 19 heavy (non-hydrogen) atoms. The molecule has 0 unspecified atom stereocenters. The van der Waals surface area contributed by atoms with Crippen molar-refractivity contribution in [3.8, 4) is 0 Å². The first-order valence-corrected chi connectivity index (χ1v) is 5.88. The largest absolute Gasteiger partial charge is 0.459 e. The predicted octanol–water partition coefficient (Wildman–Crippen LogP) is 1.08. The van der Waals surface area contributed by atoms with Crippen molar-refractivity contribution >= 4 is 17.7 Å². The predicted molar refractivity (Wildman–Crippen MR) is 71.5 cm³/mol. The molecule has 0 spiro atoms. The second-order valence-electron chi connectivity index (χ2n) is 5.22. The molecular formula is C13H19N3O3. The number of carbonyl (C=O) groups excluding carboxylic acids is 2. The first kappa shape index (κ1) is 14.9. The number of amides is 1. The minimum atomic E-state index is -0.567. The molecule has 104 valence electrons. The Morgan fingerprint density at radius 1 is 1.42 bits per heavy atom. The standard InChI is InChI=1S/C13H19N3O3/c1-13(2,3)19-11(17)8-16(4)12(18)9-5-6-15-10(14)7-9/h5-7H,8H2,1-4H3,(H2,14,15). The average molecular weight is 265 g/mol. The van der Waals surface area contributed by atoms with Gasteiger partial charge in [0.2, 0.25) is 0 Å². The molecule has 0 aliphatic heterocycles. The van der Waals surface area contributed by atoms with Crippen LogP contribution < -0.4 is 5.73 Å². The second-order valence-corrected chi connectivity index (χ2v) is 5.22. The van der Waals surface area contributed by atoms with Gasteiger partial charge in [-0.05, 0) is 32.9 Å². The van der Waals surface area contributed by atoms with Gasteiger partial charge >= 0.3 is 5.97 Å². The van der Waals surface area contributed by atoms with E-state index in [1.807, 2.05) is 0 Å². The molecule has 1 rings (SSSR count). The molecule has 1 aromatic rings. The first-order chi connectivity index (χ1) is 8.69. The zero-order chi connectivity index (χ0) is 14.6. The van der Waals surface area contributed by atoms with Gasteiger partial charge in [0.05, 0.1) is 0 Å². The molecule has 0 bridgehead atoms. The first-order valence-electron chi connectivity index (χ1n) is 5.88. The van der Waals surface area contributed by atoms with E-state index in [0.717, 1.165) is 0 Å². The van der Waals surface area contributed by atoms with Crippen molar-refractivity contribution in [2.24, 2.45) is 0 Å². The maximum atomic E-state index is 12.0. The number of pyridine rings is 1. The van der Waals surface area contributed by atoms with Crippen LogP contribution in [0.15, 0.2) is 18.3 Å². The Kier molecular flexibility index (Phi) is 4.47. The fourth-order valence-electron chi connectivity index (χ4n) is 1.44. The number of hydrogen-bond donors (Lipinski definition) is 1. The Morgan fingerprint density at radius 3 is 2.58 bits per heavy atom. The summed E-state index contributed by atoms with van der Waals surface area (Å²) in [6.07, 6.45) is 1.45. The molecule has 6 heteroatoms. The van der Waals surface area contributed by atoms with Gasteiger partial charge in [0.1, 0.15) is 18.0 Å². The molecule has 0 radical (unpaired) electrons. The van der Waals surface area contributed by atoms with E-state index < -0.39 is 11.6 Å². The Balaban J connectivity index is 2.66. The van der Waals surface area contributed by atoms with E-state index in [-0.39, 0.29) is 18.3 Å². The SMILES string of the molecule is CN(CC(=O)OC(C)(C)C)C(=O)c1ccnc(N)c1. The molecule has 0 fully saturated rings. The van der Waals surface area contributed by atoms with Gasteiger partial charge in [-0.1, -0.05) is 0 Å². The smallest absolute Gasteiger partial charge is 0.326 e. The summed E-state index contributed by atoms with van der Waals surface area (Å²) >= 11 is 0. The molecule has 0 atom stereocenters. The van der Waals surface area contributed by atoms with Gasteiger partial charge < -0.3 is 15.4 Å².